The monoisotopic (exact) mass is 411 g/mol. The molecule has 0 radical (unpaired) electrons. The molecule has 1 atom stereocenters. The topological polar surface area (TPSA) is 59.2 Å². The van der Waals surface area contributed by atoms with Crippen LogP contribution in [-0.2, 0) is 22.3 Å². The number of hydrogen-bond acceptors (Lipinski definition) is 4. The normalized spacial score (nSPS) is 21.7. The summed E-state index contributed by atoms with van der Waals surface area (Å²) in [6, 6.07) is 14.5. The lowest BCUT2D eigenvalue weighted by Gasteiger charge is -2.41. The highest BCUT2D eigenvalue weighted by Gasteiger charge is 2.42. The maximum atomic E-state index is 5.96. The number of rotatable bonds is 7. The molecule has 4 rings (SSSR count). The number of furan rings is 1. The van der Waals surface area contributed by atoms with Crippen LogP contribution in [0.4, 0.5) is 0 Å². The van der Waals surface area contributed by atoms with E-state index in [-0.39, 0.29) is 0 Å². The molecule has 2 aliphatic heterocycles. The van der Waals surface area contributed by atoms with Crippen molar-refractivity contribution in [2.45, 2.75) is 38.4 Å². The molecule has 2 aliphatic rings. The van der Waals surface area contributed by atoms with Crippen LogP contribution in [0.5, 0.6) is 0 Å². The Balaban J connectivity index is 1.40. The lowest BCUT2D eigenvalue weighted by Crippen LogP contribution is -2.52. The Morgan fingerprint density at radius 2 is 1.97 bits per heavy atom. The highest BCUT2D eigenvalue weighted by Crippen LogP contribution is 2.34. The molecule has 2 saturated heterocycles. The van der Waals surface area contributed by atoms with Gasteiger partial charge in [0.1, 0.15) is 5.76 Å². The minimum atomic E-state index is -0.470. The summed E-state index contributed by atoms with van der Waals surface area (Å²) in [4.78, 5) is 7.30. The van der Waals surface area contributed by atoms with Gasteiger partial charge in [-0.15, -0.1) is 0 Å². The van der Waals surface area contributed by atoms with Crippen LogP contribution in [0.15, 0.2) is 58.1 Å². The maximum Gasteiger partial charge on any atom is 0.193 e. The molecule has 1 aromatic heterocycles. The van der Waals surface area contributed by atoms with Crippen LogP contribution in [-0.4, -0.2) is 56.0 Å². The Morgan fingerprint density at radius 1 is 1.13 bits per heavy atom. The van der Waals surface area contributed by atoms with Crippen molar-refractivity contribution in [1.82, 2.24) is 10.2 Å². The number of nitrogens with one attached hydrogen (secondary N) is 1. The molecule has 0 saturated carbocycles. The first kappa shape index (κ1) is 20.9. The smallest absolute Gasteiger partial charge is 0.193 e. The maximum absolute atomic E-state index is 5.96. The van der Waals surface area contributed by atoms with E-state index in [1.807, 2.05) is 12.1 Å². The Bertz CT molecular complexity index is 785. The van der Waals surface area contributed by atoms with Crippen LogP contribution in [0.3, 0.4) is 0 Å². The van der Waals surface area contributed by atoms with E-state index >= 15 is 0 Å². The predicted molar refractivity (Wildman–Crippen MR) is 117 cm³/mol. The highest BCUT2D eigenvalue weighted by molar-refractivity contribution is 5.80. The molecule has 0 aliphatic carbocycles. The number of benzene rings is 1. The fourth-order valence-electron chi connectivity index (χ4n) is 4.32. The first-order valence-electron chi connectivity index (χ1n) is 11.1. The third-order valence-electron chi connectivity index (χ3n) is 6.06. The minimum Gasteiger partial charge on any atom is -0.469 e. The van der Waals surface area contributed by atoms with Gasteiger partial charge in [-0.2, -0.15) is 0 Å². The Hall–Kier alpha value is -2.31. The van der Waals surface area contributed by atoms with Crippen molar-refractivity contribution in [3.63, 3.8) is 0 Å². The van der Waals surface area contributed by atoms with Gasteiger partial charge in [0, 0.05) is 38.5 Å². The first-order valence-corrected chi connectivity index (χ1v) is 11.1. The summed E-state index contributed by atoms with van der Waals surface area (Å²) in [5.41, 5.74) is 1.33. The van der Waals surface area contributed by atoms with E-state index in [9.17, 15) is 0 Å². The Kier molecular flexibility index (Phi) is 7.07. The van der Waals surface area contributed by atoms with Crippen LogP contribution in [0.2, 0.25) is 0 Å². The predicted octanol–water partition coefficient (Wildman–Crippen LogP) is 3.49. The third-order valence-corrected chi connectivity index (χ3v) is 6.06. The third kappa shape index (κ3) is 5.43. The zero-order valence-electron chi connectivity index (χ0n) is 17.9. The van der Waals surface area contributed by atoms with Gasteiger partial charge in [-0.1, -0.05) is 30.3 Å². The van der Waals surface area contributed by atoms with Crippen molar-refractivity contribution < 1.29 is 13.9 Å². The zero-order valence-corrected chi connectivity index (χ0v) is 17.9. The lowest BCUT2D eigenvalue weighted by atomic mass is 9.90. The van der Waals surface area contributed by atoms with Gasteiger partial charge in [0.25, 0.3) is 0 Å². The molecule has 1 unspecified atom stereocenters. The van der Waals surface area contributed by atoms with E-state index in [4.69, 9.17) is 18.9 Å². The van der Waals surface area contributed by atoms with E-state index < -0.39 is 5.79 Å². The molecule has 30 heavy (non-hydrogen) atoms. The molecule has 3 heterocycles. The Labute approximate surface area is 179 Å². The molecule has 0 bridgehead atoms. The second kappa shape index (κ2) is 10.1. The molecule has 1 N–H and O–H groups in total. The van der Waals surface area contributed by atoms with Gasteiger partial charge in [-0.25, -0.2) is 0 Å². The van der Waals surface area contributed by atoms with Crippen molar-refractivity contribution in [3.8, 4) is 0 Å². The number of nitrogens with zero attached hydrogens (tertiary/aromatic N) is 2. The van der Waals surface area contributed by atoms with E-state index in [1.165, 1.54) is 5.56 Å². The molecule has 162 valence electrons. The van der Waals surface area contributed by atoms with E-state index in [2.05, 4.69) is 47.5 Å². The summed E-state index contributed by atoms with van der Waals surface area (Å²) in [5.74, 6) is 1.82. The van der Waals surface area contributed by atoms with Gasteiger partial charge < -0.3 is 24.1 Å². The summed E-state index contributed by atoms with van der Waals surface area (Å²) < 4.78 is 17.4. The molecule has 2 fully saturated rings. The minimum absolute atomic E-state index is 0.347. The van der Waals surface area contributed by atoms with Gasteiger partial charge in [-0.05, 0) is 43.9 Å². The molecule has 2 aromatic rings. The molecule has 1 aromatic carbocycles. The highest BCUT2D eigenvalue weighted by atomic mass is 16.7. The second-order valence-corrected chi connectivity index (χ2v) is 8.20. The van der Waals surface area contributed by atoms with Crippen LogP contribution in [0.25, 0.3) is 0 Å². The molecular formula is C24H33N3O3. The molecule has 6 nitrogen and oxygen atoms in total. The van der Waals surface area contributed by atoms with Crippen molar-refractivity contribution in [2.75, 3.05) is 39.4 Å². The fraction of sp³-hybridized carbons (Fsp3) is 0.542. The second-order valence-electron chi connectivity index (χ2n) is 8.20. The lowest BCUT2D eigenvalue weighted by molar-refractivity contribution is -0.189. The molecule has 0 spiro atoms. The van der Waals surface area contributed by atoms with Crippen molar-refractivity contribution in [1.29, 1.82) is 0 Å². The summed E-state index contributed by atoms with van der Waals surface area (Å²) in [5, 5.41) is 3.61. The van der Waals surface area contributed by atoms with Gasteiger partial charge in [0.05, 0.1) is 19.5 Å². The zero-order chi connectivity index (χ0) is 20.7. The molecular weight excluding hydrogens is 378 g/mol. The number of guanidine groups is 1. The average molecular weight is 412 g/mol. The molecule has 6 heteroatoms. The summed E-state index contributed by atoms with van der Waals surface area (Å²) in [6.07, 6.45) is 5.73. The number of piperidine rings is 1. The summed E-state index contributed by atoms with van der Waals surface area (Å²) in [7, 11) is 0. The fourth-order valence-corrected chi connectivity index (χ4v) is 4.32. The van der Waals surface area contributed by atoms with E-state index in [1.54, 1.807) is 6.26 Å². The summed E-state index contributed by atoms with van der Waals surface area (Å²) >= 11 is 0. The van der Waals surface area contributed by atoms with Crippen LogP contribution in [0, 0.1) is 5.92 Å². The first-order chi connectivity index (χ1) is 14.7. The van der Waals surface area contributed by atoms with Crippen LogP contribution < -0.4 is 5.32 Å². The van der Waals surface area contributed by atoms with Gasteiger partial charge in [0.2, 0.25) is 0 Å². The van der Waals surface area contributed by atoms with E-state index in [0.29, 0.717) is 25.7 Å². The summed E-state index contributed by atoms with van der Waals surface area (Å²) in [6.45, 7) is 6.92. The number of aliphatic imine (C=N–C) groups is 1. The van der Waals surface area contributed by atoms with Gasteiger partial charge in [0.15, 0.2) is 11.7 Å². The van der Waals surface area contributed by atoms with Gasteiger partial charge in [-0.3, -0.25) is 4.99 Å². The SMILES string of the molecule is CC1(C2CCCN(C(=NCCc3ccco3)NCCc3ccccc3)C2)OCCO1. The van der Waals surface area contributed by atoms with Crippen LogP contribution >= 0.6 is 0 Å². The standard InChI is InChI=1S/C24H33N3O3/c1-24(29-17-18-30-24)21-9-5-15-27(19-21)23(26-14-12-22-10-6-16-28-22)25-13-11-20-7-3-2-4-8-20/h2-4,6-8,10,16,21H,5,9,11-15,17-19H2,1H3,(H,25,26). The number of hydrogen-bond donors (Lipinski definition) is 1. The largest absolute Gasteiger partial charge is 0.469 e. The quantitative estimate of drug-likeness (QED) is 0.558. The average Bonchev–Trinajstić information content (AvgIpc) is 3.46. The Morgan fingerprint density at radius 3 is 2.73 bits per heavy atom. The van der Waals surface area contributed by atoms with E-state index in [0.717, 1.165) is 57.0 Å². The molecule has 0 amide bonds. The van der Waals surface area contributed by atoms with Gasteiger partial charge >= 0.3 is 0 Å². The van der Waals surface area contributed by atoms with Crippen LogP contribution in [0.1, 0.15) is 31.1 Å². The van der Waals surface area contributed by atoms with Crippen molar-refractivity contribution in [2.24, 2.45) is 10.9 Å². The number of likely N-dealkylation sites (tertiary alicyclic amines) is 1. The number of ether oxygens (including phenoxy) is 2. The van der Waals surface area contributed by atoms with Crippen molar-refractivity contribution >= 4 is 5.96 Å². The van der Waals surface area contributed by atoms with Crippen molar-refractivity contribution in [3.05, 3.63) is 60.1 Å².